The Bertz CT molecular complexity index is 706. The Balaban J connectivity index is 1.97. The summed E-state index contributed by atoms with van der Waals surface area (Å²) >= 11 is 6.42. The van der Waals surface area contributed by atoms with Crippen LogP contribution in [-0.2, 0) is 6.42 Å². The second kappa shape index (κ2) is 5.77. The summed E-state index contributed by atoms with van der Waals surface area (Å²) in [4.78, 5) is 11.4. The van der Waals surface area contributed by atoms with Gasteiger partial charge in [-0.05, 0) is 17.7 Å². The van der Waals surface area contributed by atoms with Crippen LogP contribution in [0.3, 0.4) is 0 Å². The number of rotatable bonds is 4. The van der Waals surface area contributed by atoms with Crippen molar-refractivity contribution in [3.05, 3.63) is 53.6 Å². The first kappa shape index (κ1) is 14.5. The normalized spacial score (nSPS) is 16.1. The quantitative estimate of drug-likeness (QED) is 0.847. The molecule has 2 aromatic carbocycles. The van der Waals surface area contributed by atoms with Gasteiger partial charge >= 0.3 is 5.97 Å². The Labute approximate surface area is 133 Å². The highest BCUT2D eigenvalue weighted by Gasteiger charge is 2.34. The lowest BCUT2D eigenvalue weighted by molar-refractivity contribution is 0.0698. The summed E-state index contributed by atoms with van der Waals surface area (Å²) in [5.41, 5.74) is 2.33. The van der Waals surface area contributed by atoms with Crippen LogP contribution in [0.1, 0.15) is 15.9 Å². The van der Waals surface area contributed by atoms with E-state index in [1.54, 1.807) is 6.07 Å². The van der Waals surface area contributed by atoms with Gasteiger partial charge in [0.25, 0.3) is 0 Å². The van der Waals surface area contributed by atoms with Gasteiger partial charge in [0.05, 0.1) is 18.4 Å². The molecule has 22 heavy (non-hydrogen) atoms. The van der Waals surface area contributed by atoms with E-state index in [1.165, 1.54) is 17.6 Å². The molecule has 0 aromatic heterocycles. The minimum atomic E-state index is -1.00. The summed E-state index contributed by atoms with van der Waals surface area (Å²) in [6, 6.07) is 13.0. The van der Waals surface area contributed by atoms with Crippen LogP contribution in [0, 0.1) is 0 Å². The zero-order valence-corrected chi connectivity index (χ0v) is 12.7. The summed E-state index contributed by atoms with van der Waals surface area (Å²) in [6.45, 7) is 0. The van der Waals surface area contributed by atoms with Crippen molar-refractivity contribution in [3.63, 3.8) is 0 Å². The summed E-state index contributed by atoms with van der Waals surface area (Å²) < 4.78 is 6.81. The number of nitrogens with zero attached hydrogens (tertiary/aromatic N) is 1. The molecule has 114 valence electrons. The van der Waals surface area contributed by atoms with Crippen molar-refractivity contribution in [1.82, 2.24) is 0 Å². The largest absolute Gasteiger partial charge is 0.494 e. The molecule has 0 saturated carbocycles. The molecule has 1 atom stereocenters. The molecule has 0 bridgehead atoms. The minimum absolute atomic E-state index is 0.178. The maximum Gasteiger partial charge on any atom is 0.337 e. The van der Waals surface area contributed by atoms with Crippen LogP contribution in [-0.4, -0.2) is 24.4 Å². The zero-order chi connectivity index (χ0) is 15.7. The van der Waals surface area contributed by atoms with E-state index >= 15 is 0 Å². The Morgan fingerprint density at radius 3 is 2.68 bits per heavy atom. The van der Waals surface area contributed by atoms with Crippen LogP contribution >= 0.6 is 11.8 Å². The number of carbonyl (C=O) groups is 1. The molecule has 0 spiro atoms. The lowest BCUT2D eigenvalue weighted by Crippen LogP contribution is -2.30. The van der Waals surface area contributed by atoms with Crippen LogP contribution in [0.4, 0.5) is 11.4 Å². The Kier molecular flexibility index (Phi) is 3.81. The van der Waals surface area contributed by atoms with Gasteiger partial charge in [0.15, 0.2) is 0 Å². The van der Waals surface area contributed by atoms with Crippen molar-refractivity contribution in [2.45, 2.75) is 12.6 Å². The number of aromatic carboxylic acids is 1. The first-order valence-corrected chi connectivity index (χ1v) is 7.15. The summed E-state index contributed by atoms with van der Waals surface area (Å²) in [6.07, 6.45) is 0.398. The van der Waals surface area contributed by atoms with E-state index in [0.717, 1.165) is 5.56 Å². The van der Waals surface area contributed by atoms with Gasteiger partial charge in [0, 0.05) is 18.2 Å². The summed E-state index contributed by atoms with van der Waals surface area (Å²) in [7, 11) is 1.53. The highest BCUT2D eigenvalue weighted by Crippen LogP contribution is 2.46. The molecule has 2 N–H and O–H groups in total. The highest BCUT2D eigenvalue weighted by molar-refractivity contribution is 6.29. The fraction of sp³-hybridized carbons (Fsp3) is 0.188. The molecule has 3 rings (SSSR count). The fourth-order valence-electron chi connectivity index (χ4n) is 2.62. The number of halogens is 1. The number of carboxylic acid groups (broad SMARTS) is 1. The monoisotopic (exact) mass is 318 g/mol. The van der Waals surface area contributed by atoms with Gasteiger partial charge in [-0.1, -0.05) is 30.3 Å². The van der Waals surface area contributed by atoms with Gasteiger partial charge in [-0.25, -0.2) is 4.79 Å². The minimum Gasteiger partial charge on any atom is -0.494 e. The number of methoxy groups -OCH3 is 1. The third-order valence-corrected chi connectivity index (χ3v) is 4.07. The van der Waals surface area contributed by atoms with Crippen molar-refractivity contribution < 1.29 is 14.6 Å². The predicted molar refractivity (Wildman–Crippen MR) is 85.8 cm³/mol. The molecule has 0 amide bonds. The van der Waals surface area contributed by atoms with Crippen LogP contribution in [0.2, 0.25) is 0 Å². The van der Waals surface area contributed by atoms with E-state index in [-0.39, 0.29) is 11.7 Å². The maximum absolute atomic E-state index is 11.4. The third-order valence-electron chi connectivity index (χ3n) is 3.66. The molecular formula is C16H15ClN2O3. The Hall–Kier alpha value is -2.40. The van der Waals surface area contributed by atoms with Crippen molar-refractivity contribution in [3.8, 4) is 5.75 Å². The SMILES string of the molecule is COc1ccc(C(=O)O)c2c1N(Cl)C(Cc1ccccc1)N2. The van der Waals surface area contributed by atoms with Gasteiger partial charge in [-0.15, -0.1) is 0 Å². The Morgan fingerprint density at radius 1 is 1.32 bits per heavy atom. The average Bonchev–Trinajstić information content (AvgIpc) is 2.84. The first-order valence-electron chi connectivity index (χ1n) is 6.81. The molecule has 1 aliphatic rings. The lowest BCUT2D eigenvalue weighted by atomic mass is 10.1. The van der Waals surface area contributed by atoms with Crippen molar-refractivity contribution >= 4 is 29.1 Å². The van der Waals surface area contributed by atoms with Gasteiger partial charge in [0.2, 0.25) is 0 Å². The molecular weight excluding hydrogens is 304 g/mol. The van der Waals surface area contributed by atoms with Gasteiger partial charge in [0.1, 0.15) is 17.6 Å². The van der Waals surface area contributed by atoms with Crippen LogP contribution in [0.15, 0.2) is 42.5 Å². The smallest absolute Gasteiger partial charge is 0.337 e. The molecule has 5 nitrogen and oxygen atoms in total. The number of hydrogen-bond acceptors (Lipinski definition) is 4. The maximum atomic E-state index is 11.4. The highest BCUT2D eigenvalue weighted by atomic mass is 35.5. The number of anilines is 2. The van der Waals surface area contributed by atoms with Crippen molar-refractivity contribution in [2.75, 3.05) is 16.8 Å². The Morgan fingerprint density at radius 2 is 2.05 bits per heavy atom. The second-order valence-corrected chi connectivity index (χ2v) is 5.37. The standard InChI is InChI=1S/C16H15ClN2O3/c1-22-12-8-7-11(16(20)21)14-15(12)19(17)13(18-14)9-10-5-3-2-4-6-10/h2-8,13,18H,9H2,1H3,(H,20,21). The molecule has 0 radical (unpaired) electrons. The summed E-state index contributed by atoms with van der Waals surface area (Å²) in [5, 5.41) is 12.5. The molecule has 0 saturated heterocycles. The van der Waals surface area contributed by atoms with Crippen molar-refractivity contribution in [1.29, 1.82) is 0 Å². The number of nitrogens with one attached hydrogen (secondary N) is 1. The first-order chi connectivity index (χ1) is 10.6. The molecule has 1 aliphatic heterocycles. The molecule has 0 fully saturated rings. The number of hydrogen-bond donors (Lipinski definition) is 2. The van der Waals surface area contributed by atoms with E-state index in [1.807, 2.05) is 30.3 Å². The zero-order valence-electron chi connectivity index (χ0n) is 11.9. The molecule has 0 aliphatic carbocycles. The van der Waals surface area contributed by atoms with Crippen molar-refractivity contribution in [2.24, 2.45) is 0 Å². The van der Waals surface area contributed by atoms with E-state index in [2.05, 4.69) is 5.32 Å². The van der Waals surface area contributed by atoms with E-state index in [0.29, 0.717) is 23.5 Å². The van der Waals surface area contributed by atoms with Crippen LogP contribution in [0.5, 0.6) is 5.75 Å². The van der Waals surface area contributed by atoms with Gasteiger partial charge in [-0.3, -0.25) is 4.42 Å². The van der Waals surface area contributed by atoms with Gasteiger partial charge < -0.3 is 15.2 Å². The number of carboxylic acids is 1. The average molecular weight is 319 g/mol. The van der Waals surface area contributed by atoms with Gasteiger partial charge in [-0.2, -0.15) is 0 Å². The van der Waals surface area contributed by atoms with Crippen LogP contribution < -0.4 is 14.5 Å². The molecule has 6 heteroatoms. The molecule has 1 unspecified atom stereocenters. The molecule has 2 aromatic rings. The summed E-state index contributed by atoms with van der Waals surface area (Å²) in [5.74, 6) is -0.463. The topological polar surface area (TPSA) is 61.8 Å². The fourth-order valence-corrected chi connectivity index (χ4v) is 2.91. The second-order valence-electron chi connectivity index (χ2n) is 5.01. The van der Waals surface area contributed by atoms with E-state index in [4.69, 9.17) is 16.5 Å². The van der Waals surface area contributed by atoms with E-state index < -0.39 is 5.97 Å². The lowest BCUT2D eigenvalue weighted by Gasteiger charge is -2.19. The predicted octanol–water partition coefficient (Wildman–Crippen LogP) is 3.35. The van der Waals surface area contributed by atoms with Crippen LogP contribution in [0.25, 0.3) is 0 Å². The molecule has 1 heterocycles. The number of fused-ring (bicyclic) bond motifs is 1. The number of benzene rings is 2. The third kappa shape index (κ3) is 2.44. The number of ether oxygens (including phenoxy) is 1. The van der Waals surface area contributed by atoms with E-state index in [9.17, 15) is 9.90 Å².